The van der Waals surface area contributed by atoms with Crippen molar-refractivity contribution in [3.05, 3.63) is 0 Å². The number of methoxy groups -OCH3 is 1. The molecule has 0 aromatic rings. The maximum atomic E-state index is 5.95. The number of rotatable bonds is 5. The van der Waals surface area contributed by atoms with E-state index in [-0.39, 0.29) is 30.5 Å². The molecule has 3 unspecified atom stereocenters. The van der Waals surface area contributed by atoms with Crippen molar-refractivity contribution in [2.75, 3.05) is 20.3 Å². The monoisotopic (exact) mass is 230 g/mol. The van der Waals surface area contributed by atoms with Crippen LogP contribution in [-0.2, 0) is 18.9 Å². The molecule has 0 N–H and O–H groups in total. The number of hydrogen-bond acceptors (Lipinski definition) is 4. The molecule has 16 heavy (non-hydrogen) atoms. The summed E-state index contributed by atoms with van der Waals surface area (Å²) in [4.78, 5) is 0. The molecule has 2 saturated heterocycles. The average molecular weight is 230 g/mol. The molecular weight excluding hydrogens is 208 g/mol. The quantitative estimate of drug-likeness (QED) is 0.715. The fraction of sp³-hybridized carbons (Fsp3) is 1.00. The highest BCUT2D eigenvalue weighted by atomic mass is 16.6. The van der Waals surface area contributed by atoms with E-state index < -0.39 is 0 Å². The molecule has 0 spiro atoms. The molecule has 2 rings (SSSR count). The maximum absolute atomic E-state index is 5.95. The molecule has 4 heteroatoms. The van der Waals surface area contributed by atoms with E-state index in [4.69, 9.17) is 18.9 Å². The van der Waals surface area contributed by atoms with Crippen molar-refractivity contribution in [2.45, 2.75) is 57.2 Å². The van der Waals surface area contributed by atoms with Crippen LogP contribution in [0.1, 0.15) is 26.7 Å². The fourth-order valence-electron chi connectivity index (χ4n) is 2.52. The summed E-state index contributed by atoms with van der Waals surface area (Å²) in [5, 5.41) is 0. The van der Waals surface area contributed by atoms with Crippen LogP contribution in [0.2, 0.25) is 0 Å². The Morgan fingerprint density at radius 1 is 1.19 bits per heavy atom. The molecular formula is C12H22O4. The molecule has 2 aliphatic heterocycles. The minimum atomic E-state index is 0.0591. The van der Waals surface area contributed by atoms with Gasteiger partial charge in [-0.15, -0.1) is 0 Å². The topological polar surface area (TPSA) is 36.9 Å². The van der Waals surface area contributed by atoms with Gasteiger partial charge in [-0.2, -0.15) is 0 Å². The van der Waals surface area contributed by atoms with Gasteiger partial charge in [0.05, 0.1) is 19.3 Å². The van der Waals surface area contributed by atoms with Crippen molar-refractivity contribution in [3.8, 4) is 0 Å². The molecule has 0 aliphatic carbocycles. The summed E-state index contributed by atoms with van der Waals surface area (Å²) in [6, 6.07) is 0. The van der Waals surface area contributed by atoms with E-state index in [1.165, 1.54) is 0 Å². The summed E-state index contributed by atoms with van der Waals surface area (Å²) >= 11 is 0. The normalized spacial score (nSPS) is 39.9. The zero-order chi connectivity index (χ0) is 11.5. The molecule has 2 fully saturated rings. The van der Waals surface area contributed by atoms with Gasteiger partial charge >= 0.3 is 0 Å². The van der Waals surface area contributed by atoms with Gasteiger partial charge in [0.15, 0.2) is 0 Å². The first kappa shape index (κ1) is 12.3. The van der Waals surface area contributed by atoms with Gasteiger partial charge in [-0.25, -0.2) is 0 Å². The Hall–Kier alpha value is -0.160. The van der Waals surface area contributed by atoms with Crippen molar-refractivity contribution in [1.82, 2.24) is 0 Å². The lowest BCUT2D eigenvalue weighted by molar-refractivity contribution is -0.0702. The van der Waals surface area contributed by atoms with Crippen molar-refractivity contribution in [1.29, 1.82) is 0 Å². The Bertz CT molecular complexity index is 221. The summed E-state index contributed by atoms with van der Waals surface area (Å²) in [6.07, 6.45) is 2.77. The number of ether oxygens (including phenoxy) is 4. The van der Waals surface area contributed by atoms with Crippen molar-refractivity contribution in [2.24, 2.45) is 0 Å². The summed E-state index contributed by atoms with van der Waals surface area (Å²) in [7, 11) is 1.70. The fourth-order valence-corrected chi connectivity index (χ4v) is 2.52. The van der Waals surface area contributed by atoms with E-state index in [0.717, 1.165) is 12.8 Å². The summed E-state index contributed by atoms with van der Waals surface area (Å²) in [5.41, 5.74) is 0. The van der Waals surface area contributed by atoms with Gasteiger partial charge in [-0.1, -0.05) is 13.3 Å². The van der Waals surface area contributed by atoms with Crippen LogP contribution in [0.15, 0.2) is 0 Å². The Kier molecular flexibility index (Phi) is 4.19. The third-order valence-corrected chi connectivity index (χ3v) is 3.37. The minimum Gasteiger partial charge on any atom is -0.376 e. The molecule has 0 aromatic heterocycles. The standard InChI is InChI=1S/C12H22O4/c1-4-5-8(2)16-10-7-15-11-9(13-3)6-14-12(10)11/h8-12H,4-7H2,1-3H3/t8?,9-,10+,11?,12?/m0/s1. The van der Waals surface area contributed by atoms with Crippen LogP contribution in [0.25, 0.3) is 0 Å². The Balaban J connectivity index is 1.85. The number of fused-ring (bicyclic) bond motifs is 1. The first-order valence-electron chi connectivity index (χ1n) is 6.17. The first-order valence-corrected chi connectivity index (χ1v) is 6.17. The lowest BCUT2D eigenvalue weighted by Gasteiger charge is -2.21. The Morgan fingerprint density at radius 3 is 2.44 bits per heavy atom. The van der Waals surface area contributed by atoms with Crippen LogP contribution in [0.4, 0.5) is 0 Å². The Morgan fingerprint density at radius 2 is 1.81 bits per heavy atom. The van der Waals surface area contributed by atoms with Gasteiger partial charge in [0.1, 0.15) is 24.4 Å². The molecule has 2 heterocycles. The second-order valence-electron chi connectivity index (χ2n) is 4.64. The third kappa shape index (κ3) is 2.40. The molecule has 0 radical (unpaired) electrons. The van der Waals surface area contributed by atoms with Crippen LogP contribution in [-0.4, -0.2) is 50.8 Å². The summed E-state index contributed by atoms with van der Waals surface area (Å²) in [6.45, 7) is 5.53. The van der Waals surface area contributed by atoms with E-state index in [9.17, 15) is 0 Å². The molecule has 5 atom stereocenters. The van der Waals surface area contributed by atoms with Crippen molar-refractivity contribution in [3.63, 3.8) is 0 Å². The van der Waals surface area contributed by atoms with Gasteiger partial charge in [0, 0.05) is 7.11 Å². The van der Waals surface area contributed by atoms with E-state index in [2.05, 4.69) is 13.8 Å². The number of hydrogen-bond donors (Lipinski definition) is 0. The molecule has 0 saturated carbocycles. The summed E-state index contributed by atoms with van der Waals surface area (Å²) < 4.78 is 22.7. The Labute approximate surface area is 97.2 Å². The molecule has 94 valence electrons. The molecule has 0 amide bonds. The lowest BCUT2D eigenvalue weighted by atomic mass is 10.1. The maximum Gasteiger partial charge on any atom is 0.115 e. The SMILES string of the molecule is CCCC(C)O[C@@H]1COC2C1OC[C@@H]2OC. The molecule has 4 nitrogen and oxygen atoms in total. The highest BCUT2D eigenvalue weighted by Gasteiger charge is 2.48. The zero-order valence-corrected chi connectivity index (χ0v) is 10.3. The third-order valence-electron chi connectivity index (χ3n) is 3.37. The highest BCUT2D eigenvalue weighted by Crippen LogP contribution is 2.30. The van der Waals surface area contributed by atoms with Crippen molar-refractivity contribution < 1.29 is 18.9 Å². The van der Waals surface area contributed by atoms with Crippen LogP contribution < -0.4 is 0 Å². The van der Waals surface area contributed by atoms with E-state index >= 15 is 0 Å². The average Bonchev–Trinajstić information content (AvgIpc) is 2.81. The lowest BCUT2D eigenvalue weighted by Crippen LogP contribution is -2.35. The second kappa shape index (κ2) is 5.45. The smallest absolute Gasteiger partial charge is 0.115 e. The van der Waals surface area contributed by atoms with Gasteiger partial charge in [-0.3, -0.25) is 0 Å². The van der Waals surface area contributed by atoms with E-state index in [0.29, 0.717) is 13.2 Å². The predicted octanol–water partition coefficient (Wildman–Crippen LogP) is 1.37. The predicted molar refractivity (Wildman–Crippen MR) is 59.5 cm³/mol. The van der Waals surface area contributed by atoms with Crippen LogP contribution in [0.5, 0.6) is 0 Å². The first-order chi connectivity index (χ1) is 7.76. The van der Waals surface area contributed by atoms with E-state index in [1.54, 1.807) is 7.11 Å². The van der Waals surface area contributed by atoms with Crippen LogP contribution in [0.3, 0.4) is 0 Å². The minimum absolute atomic E-state index is 0.0591. The second-order valence-corrected chi connectivity index (χ2v) is 4.64. The largest absolute Gasteiger partial charge is 0.376 e. The van der Waals surface area contributed by atoms with Gasteiger partial charge in [-0.05, 0) is 13.3 Å². The van der Waals surface area contributed by atoms with E-state index in [1.807, 2.05) is 0 Å². The van der Waals surface area contributed by atoms with Gasteiger partial charge in [0.25, 0.3) is 0 Å². The van der Waals surface area contributed by atoms with Crippen molar-refractivity contribution >= 4 is 0 Å². The summed E-state index contributed by atoms with van der Waals surface area (Å²) in [5.74, 6) is 0. The van der Waals surface area contributed by atoms with Gasteiger partial charge in [0.2, 0.25) is 0 Å². The zero-order valence-electron chi connectivity index (χ0n) is 10.3. The molecule has 0 bridgehead atoms. The van der Waals surface area contributed by atoms with Gasteiger partial charge < -0.3 is 18.9 Å². The molecule has 0 aromatic carbocycles. The molecule has 2 aliphatic rings. The van der Waals surface area contributed by atoms with Crippen LogP contribution in [0, 0.1) is 0 Å². The van der Waals surface area contributed by atoms with Crippen LogP contribution >= 0.6 is 0 Å². The highest BCUT2D eigenvalue weighted by molar-refractivity contribution is 4.95.